The van der Waals surface area contributed by atoms with Crippen LogP contribution in [0.5, 0.6) is 0 Å². The van der Waals surface area contributed by atoms with Crippen molar-refractivity contribution in [2.45, 2.75) is 27.7 Å². The van der Waals surface area contributed by atoms with E-state index in [9.17, 15) is 0 Å². The molecule has 0 amide bonds. The summed E-state index contributed by atoms with van der Waals surface area (Å²) in [7, 11) is 0. The van der Waals surface area contributed by atoms with Crippen LogP contribution in [-0.2, 0) is 20.1 Å². The number of pyridine rings is 3. The summed E-state index contributed by atoms with van der Waals surface area (Å²) in [4.78, 5) is 13.7. The molecule has 0 aliphatic heterocycles. The van der Waals surface area contributed by atoms with Gasteiger partial charge in [0.2, 0.25) is 0 Å². The Hall–Kier alpha value is -6.52. The maximum atomic E-state index is 6.71. The minimum absolute atomic E-state index is 0. The Balaban J connectivity index is 0.000000190. The third-order valence-corrected chi connectivity index (χ3v) is 10.5. The van der Waals surface area contributed by atoms with Crippen molar-refractivity contribution in [1.82, 2.24) is 15.0 Å². The number of hydrogen-bond acceptors (Lipinski definition) is 4. The van der Waals surface area contributed by atoms with Crippen LogP contribution < -0.4 is 0 Å². The Bertz CT molecular complexity index is 3050. The molecule has 1 radical (unpaired) electrons. The number of rotatable bonds is 5. The summed E-state index contributed by atoms with van der Waals surface area (Å²) in [6.45, 7) is 8.40. The van der Waals surface area contributed by atoms with Gasteiger partial charge in [-0.2, -0.15) is 0 Å². The fourth-order valence-corrected chi connectivity index (χ4v) is 7.59. The number of aromatic nitrogens is 3. The van der Waals surface area contributed by atoms with Gasteiger partial charge >= 0.3 is 0 Å². The van der Waals surface area contributed by atoms with Crippen molar-refractivity contribution in [1.29, 1.82) is 0 Å². The van der Waals surface area contributed by atoms with Crippen LogP contribution in [0.25, 0.3) is 88.6 Å². The summed E-state index contributed by atoms with van der Waals surface area (Å²) in [6.07, 6.45) is 7.66. The number of fused-ring (bicyclic) bond motifs is 4. The molecular weight excluding hydrogens is 887 g/mol. The fraction of sp³-hybridized carbons (Fsp3) is 0.0755. The van der Waals surface area contributed by atoms with E-state index < -0.39 is 0 Å². The predicted molar refractivity (Wildman–Crippen MR) is 235 cm³/mol. The Morgan fingerprint density at radius 2 is 1.28 bits per heavy atom. The number of benzene rings is 6. The first-order chi connectivity index (χ1) is 27.9. The van der Waals surface area contributed by atoms with Gasteiger partial charge in [-0.1, -0.05) is 109 Å². The molecule has 0 fully saturated rings. The Morgan fingerprint density at radius 1 is 0.483 bits per heavy atom. The molecule has 10 rings (SSSR count). The first kappa shape index (κ1) is 38.4. The van der Waals surface area contributed by atoms with Gasteiger partial charge < -0.3 is 14.4 Å². The van der Waals surface area contributed by atoms with E-state index in [1.54, 1.807) is 0 Å². The average molecular weight is 926 g/mol. The maximum absolute atomic E-state index is 6.71. The standard InChI is InChI=1S/C34H23N2O.C19H16N.Ir/c1-21-16-29(26-11-6-10-25-22(2)19-35-20-31(25)26)34-30(17-21)27-12-7-13-28(33(27)37-34)32-18-24(14-15-36-32)23-8-4-3-5-9-23;1-14-8-10-17(11-9-14)19-12-18(15(2)13-20-19)16-6-4-3-5-7-16;/h3-12,14-20H,1-2H3;3-10,12-13H,1-2H3;/q2*-1;. The molecule has 283 valence electrons. The first-order valence-electron chi connectivity index (χ1n) is 19.1. The maximum Gasteiger partial charge on any atom is 0.128 e. The van der Waals surface area contributed by atoms with Crippen LogP contribution in [0, 0.1) is 39.8 Å². The number of hydrogen-bond donors (Lipinski definition) is 0. The number of aryl methyl sites for hydroxylation is 4. The topological polar surface area (TPSA) is 51.8 Å². The summed E-state index contributed by atoms with van der Waals surface area (Å²) in [5.41, 5.74) is 17.0. The Labute approximate surface area is 352 Å². The Morgan fingerprint density at radius 3 is 2.05 bits per heavy atom. The van der Waals surface area contributed by atoms with Crippen molar-refractivity contribution in [3.05, 3.63) is 199 Å². The normalized spacial score (nSPS) is 11.0. The predicted octanol–water partition coefficient (Wildman–Crippen LogP) is 13.8. The molecule has 0 bridgehead atoms. The van der Waals surface area contributed by atoms with E-state index in [0.29, 0.717) is 0 Å². The van der Waals surface area contributed by atoms with Crippen LogP contribution in [0.1, 0.15) is 22.3 Å². The second-order valence-corrected chi connectivity index (χ2v) is 14.6. The molecule has 5 heteroatoms. The summed E-state index contributed by atoms with van der Waals surface area (Å²) in [5, 5.41) is 4.49. The van der Waals surface area contributed by atoms with Crippen molar-refractivity contribution in [3.63, 3.8) is 0 Å². The molecule has 10 aromatic rings. The monoisotopic (exact) mass is 926 g/mol. The van der Waals surface area contributed by atoms with Gasteiger partial charge in [0.05, 0.1) is 5.58 Å². The van der Waals surface area contributed by atoms with E-state index >= 15 is 0 Å². The van der Waals surface area contributed by atoms with Crippen molar-refractivity contribution >= 4 is 32.7 Å². The molecule has 58 heavy (non-hydrogen) atoms. The molecule has 0 aliphatic carbocycles. The molecule has 0 N–H and O–H groups in total. The van der Waals surface area contributed by atoms with Crippen LogP contribution in [-0.4, -0.2) is 15.0 Å². The van der Waals surface area contributed by atoms with Gasteiger partial charge in [-0.15, -0.1) is 53.6 Å². The van der Waals surface area contributed by atoms with Gasteiger partial charge in [0, 0.05) is 61.2 Å². The summed E-state index contributed by atoms with van der Waals surface area (Å²) >= 11 is 0. The van der Waals surface area contributed by atoms with Gasteiger partial charge in [0.15, 0.2) is 0 Å². The van der Waals surface area contributed by atoms with Gasteiger partial charge in [-0.3, -0.25) is 4.98 Å². The largest absolute Gasteiger partial charge is 0.500 e. The number of nitrogens with zero attached hydrogens (tertiary/aromatic N) is 3. The van der Waals surface area contributed by atoms with E-state index in [2.05, 4.69) is 159 Å². The fourth-order valence-electron chi connectivity index (χ4n) is 7.59. The second-order valence-electron chi connectivity index (χ2n) is 14.6. The van der Waals surface area contributed by atoms with Crippen LogP contribution in [0.4, 0.5) is 0 Å². The molecule has 0 atom stereocenters. The van der Waals surface area contributed by atoms with Crippen LogP contribution >= 0.6 is 0 Å². The van der Waals surface area contributed by atoms with Crippen molar-refractivity contribution < 1.29 is 24.5 Å². The third-order valence-electron chi connectivity index (χ3n) is 10.5. The van der Waals surface area contributed by atoms with Gasteiger partial charge in [-0.05, 0) is 100 Å². The Kier molecular flexibility index (Phi) is 10.9. The molecule has 4 aromatic heterocycles. The summed E-state index contributed by atoms with van der Waals surface area (Å²) in [5.74, 6) is 0. The third kappa shape index (κ3) is 7.50. The summed E-state index contributed by atoms with van der Waals surface area (Å²) in [6, 6.07) is 54.8. The van der Waals surface area contributed by atoms with Gasteiger partial charge in [-0.25, -0.2) is 0 Å². The molecule has 0 aliphatic rings. The second kappa shape index (κ2) is 16.5. The van der Waals surface area contributed by atoms with Crippen molar-refractivity contribution in [3.8, 4) is 55.9 Å². The molecule has 0 saturated carbocycles. The minimum Gasteiger partial charge on any atom is -0.500 e. The van der Waals surface area contributed by atoms with Crippen LogP contribution in [0.15, 0.2) is 169 Å². The van der Waals surface area contributed by atoms with E-state index in [1.807, 2.05) is 55.1 Å². The van der Waals surface area contributed by atoms with Crippen molar-refractivity contribution in [2.75, 3.05) is 0 Å². The van der Waals surface area contributed by atoms with E-state index in [4.69, 9.17) is 9.40 Å². The van der Waals surface area contributed by atoms with Gasteiger partial charge in [0.25, 0.3) is 0 Å². The van der Waals surface area contributed by atoms with Gasteiger partial charge in [0.1, 0.15) is 5.58 Å². The van der Waals surface area contributed by atoms with E-state index in [1.165, 1.54) is 33.2 Å². The molecule has 0 saturated heterocycles. The van der Waals surface area contributed by atoms with Crippen molar-refractivity contribution in [2.24, 2.45) is 0 Å². The quantitative estimate of drug-likeness (QED) is 0.161. The molecule has 0 unspecified atom stereocenters. The average Bonchev–Trinajstić information content (AvgIpc) is 3.63. The molecule has 6 aromatic carbocycles. The number of furan rings is 1. The van der Waals surface area contributed by atoms with E-state index in [0.717, 1.165) is 77.7 Å². The molecule has 0 spiro atoms. The zero-order valence-corrected chi connectivity index (χ0v) is 35.1. The molecular formula is C53H39IrN3O-2. The first-order valence-corrected chi connectivity index (χ1v) is 19.1. The molecule has 4 nitrogen and oxygen atoms in total. The molecule has 4 heterocycles. The smallest absolute Gasteiger partial charge is 0.128 e. The van der Waals surface area contributed by atoms with Crippen LogP contribution in [0.3, 0.4) is 0 Å². The SMILES string of the molecule is Cc1c[c-]c(-c2cc(-c3ccccc3)c(C)cn2)cc1.Cc1cc(-c2cccc3c(C)cncc23)c2oc3c(-c4cc(-c5ccccc5)ccn4)[c-]ccc3c2c1.[Ir]. The zero-order valence-electron chi connectivity index (χ0n) is 32.7. The van der Waals surface area contributed by atoms with Crippen LogP contribution in [0.2, 0.25) is 0 Å². The summed E-state index contributed by atoms with van der Waals surface area (Å²) < 4.78 is 6.71. The zero-order chi connectivity index (χ0) is 38.9. The minimum atomic E-state index is 0. The van der Waals surface area contributed by atoms with E-state index in [-0.39, 0.29) is 20.1 Å².